The molecule has 29 heavy (non-hydrogen) atoms. The van der Waals surface area contributed by atoms with E-state index in [0.717, 1.165) is 43.2 Å². The fourth-order valence-corrected chi connectivity index (χ4v) is 5.38. The molecule has 1 atom stereocenters. The highest BCUT2D eigenvalue weighted by atomic mass is 32.2. The number of hydrogen-bond acceptors (Lipinski definition) is 5. The van der Waals surface area contributed by atoms with Crippen molar-refractivity contribution in [2.24, 2.45) is 5.92 Å². The highest BCUT2D eigenvalue weighted by Gasteiger charge is 2.26. The van der Waals surface area contributed by atoms with Crippen LogP contribution < -0.4 is 10.2 Å². The van der Waals surface area contributed by atoms with Gasteiger partial charge in [0.1, 0.15) is 0 Å². The molecule has 2 amide bonds. The van der Waals surface area contributed by atoms with Gasteiger partial charge in [-0.25, -0.2) is 8.42 Å². The smallest absolute Gasteiger partial charge is 0.231 e. The Labute approximate surface area is 173 Å². The summed E-state index contributed by atoms with van der Waals surface area (Å²) in [5.74, 6) is 0.219. The van der Waals surface area contributed by atoms with Gasteiger partial charge in [0.15, 0.2) is 9.84 Å². The van der Waals surface area contributed by atoms with Crippen molar-refractivity contribution in [1.29, 1.82) is 0 Å². The fraction of sp³-hybridized carbons (Fsp3) is 0.619. The molecule has 2 heterocycles. The first-order valence-corrected chi connectivity index (χ1v) is 12.0. The van der Waals surface area contributed by atoms with Crippen molar-refractivity contribution in [3.8, 4) is 0 Å². The Bertz CT molecular complexity index is 869. The lowest BCUT2D eigenvalue weighted by molar-refractivity contribution is -0.120. The minimum absolute atomic E-state index is 0.0482. The number of benzene rings is 1. The summed E-state index contributed by atoms with van der Waals surface area (Å²) in [6, 6.07) is 4.74. The van der Waals surface area contributed by atoms with E-state index in [2.05, 4.69) is 17.1 Å². The summed E-state index contributed by atoms with van der Waals surface area (Å²) in [6.45, 7) is 6.04. The lowest BCUT2D eigenvalue weighted by Gasteiger charge is -2.30. The molecule has 160 valence electrons. The molecular weight excluding hydrogens is 390 g/mol. The molecule has 0 radical (unpaired) electrons. The van der Waals surface area contributed by atoms with Crippen molar-refractivity contribution in [1.82, 2.24) is 10.2 Å². The Morgan fingerprint density at radius 1 is 1.31 bits per heavy atom. The average Bonchev–Trinajstić information content (AvgIpc) is 2.97. The van der Waals surface area contributed by atoms with Gasteiger partial charge in [-0.1, -0.05) is 6.92 Å². The summed E-state index contributed by atoms with van der Waals surface area (Å²) in [5, 5.41) is 2.83. The van der Waals surface area contributed by atoms with Gasteiger partial charge in [0.25, 0.3) is 0 Å². The van der Waals surface area contributed by atoms with Gasteiger partial charge in [-0.3, -0.25) is 9.59 Å². The molecule has 2 aliphatic heterocycles. The summed E-state index contributed by atoms with van der Waals surface area (Å²) in [5.41, 5.74) is 1.46. The van der Waals surface area contributed by atoms with Crippen LogP contribution >= 0.6 is 0 Å². The van der Waals surface area contributed by atoms with Crippen LogP contribution in [0.3, 0.4) is 0 Å². The Balaban J connectivity index is 1.42. The summed E-state index contributed by atoms with van der Waals surface area (Å²) < 4.78 is 25.2. The molecule has 0 saturated carbocycles. The third-order valence-corrected chi connectivity index (χ3v) is 7.51. The molecule has 2 aliphatic rings. The van der Waals surface area contributed by atoms with Crippen LogP contribution in [0.2, 0.25) is 0 Å². The van der Waals surface area contributed by atoms with Gasteiger partial charge in [0.2, 0.25) is 11.8 Å². The average molecular weight is 422 g/mol. The Morgan fingerprint density at radius 2 is 2.10 bits per heavy atom. The monoisotopic (exact) mass is 421 g/mol. The number of nitrogens with zero attached hydrogens (tertiary/aromatic N) is 2. The van der Waals surface area contributed by atoms with Crippen molar-refractivity contribution in [2.75, 3.05) is 43.9 Å². The minimum atomic E-state index is -3.56. The molecule has 8 heteroatoms. The number of piperidine rings is 1. The molecule has 1 aromatic carbocycles. The quantitative estimate of drug-likeness (QED) is 0.645. The highest BCUT2D eigenvalue weighted by Crippen LogP contribution is 2.30. The molecule has 1 fully saturated rings. The first-order chi connectivity index (χ1) is 13.8. The van der Waals surface area contributed by atoms with E-state index in [4.69, 9.17) is 0 Å². The van der Waals surface area contributed by atoms with E-state index in [0.29, 0.717) is 6.54 Å². The zero-order valence-corrected chi connectivity index (χ0v) is 18.1. The number of carbonyl (C=O) groups excluding carboxylic acids is 2. The molecule has 1 unspecified atom stereocenters. The molecule has 1 aromatic rings. The number of amides is 2. The molecule has 1 N–H and O–H groups in total. The maximum Gasteiger partial charge on any atom is 0.231 e. The van der Waals surface area contributed by atoms with E-state index in [1.54, 1.807) is 19.2 Å². The molecular formula is C21H31N3O4S. The number of rotatable bonds is 8. The Hall–Kier alpha value is -1.93. The van der Waals surface area contributed by atoms with Crippen molar-refractivity contribution in [3.63, 3.8) is 0 Å². The predicted octanol–water partition coefficient (Wildman–Crippen LogP) is 1.61. The second-order valence-electron chi connectivity index (χ2n) is 8.24. The van der Waals surface area contributed by atoms with Gasteiger partial charge in [-0.2, -0.15) is 0 Å². The van der Waals surface area contributed by atoms with Gasteiger partial charge < -0.3 is 15.1 Å². The van der Waals surface area contributed by atoms with E-state index < -0.39 is 9.84 Å². The van der Waals surface area contributed by atoms with E-state index in [1.165, 1.54) is 23.8 Å². The molecule has 3 rings (SSSR count). The molecule has 0 aliphatic carbocycles. The van der Waals surface area contributed by atoms with Gasteiger partial charge >= 0.3 is 0 Å². The van der Waals surface area contributed by atoms with Gasteiger partial charge in [0, 0.05) is 32.2 Å². The largest absolute Gasteiger partial charge is 0.356 e. The fourth-order valence-electron chi connectivity index (χ4n) is 4.09. The van der Waals surface area contributed by atoms with Crippen LogP contribution in [0.1, 0.15) is 38.2 Å². The number of hydrogen-bond donors (Lipinski definition) is 1. The number of carbonyl (C=O) groups is 2. The van der Waals surface area contributed by atoms with Gasteiger partial charge in [-0.15, -0.1) is 0 Å². The number of likely N-dealkylation sites (tertiary alicyclic amines) is 1. The van der Waals surface area contributed by atoms with Crippen molar-refractivity contribution in [3.05, 3.63) is 23.8 Å². The Kier molecular flexibility index (Phi) is 6.95. The van der Waals surface area contributed by atoms with Gasteiger partial charge in [-0.05, 0) is 62.0 Å². The van der Waals surface area contributed by atoms with Crippen molar-refractivity contribution < 1.29 is 18.0 Å². The first kappa shape index (κ1) is 21.8. The first-order valence-electron chi connectivity index (χ1n) is 10.4. The third kappa shape index (κ3) is 5.57. The lowest BCUT2D eigenvalue weighted by Crippen LogP contribution is -2.36. The number of likely N-dealkylation sites (N-methyl/N-ethyl adjacent to an activating group) is 1. The second-order valence-corrected chi connectivity index (χ2v) is 10.3. The van der Waals surface area contributed by atoms with Gasteiger partial charge in [0.05, 0.1) is 17.1 Å². The van der Waals surface area contributed by atoms with Crippen LogP contribution in [0.4, 0.5) is 5.69 Å². The van der Waals surface area contributed by atoms with Crippen LogP contribution in [0.5, 0.6) is 0 Å². The normalized spacial score (nSPS) is 20.0. The standard InChI is InChI=1S/C21H31N3O4S/c1-16-5-3-10-24(15-16)11-4-9-22-20(25)8-12-29(27,28)18-6-7-19-17(13-18)14-21(26)23(19)2/h6-7,13,16H,3-5,8-12,14-15H2,1-2H3,(H,22,25). The third-order valence-electron chi connectivity index (χ3n) is 5.80. The second kappa shape index (κ2) is 9.26. The summed E-state index contributed by atoms with van der Waals surface area (Å²) in [6.07, 6.45) is 3.56. The number of anilines is 1. The van der Waals surface area contributed by atoms with Crippen LogP contribution in [0.25, 0.3) is 0 Å². The van der Waals surface area contributed by atoms with Crippen LogP contribution in [0.15, 0.2) is 23.1 Å². The van der Waals surface area contributed by atoms with E-state index in [-0.39, 0.29) is 35.3 Å². The zero-order chi connectivity index (χ0) is 21.0. The summed E-state index contributed by atoms with van der Waals surface area (Å²) in [7, 11) is -1.89. The molecule has 0 spiro atoms. The van der Waals surface area contributed by atoms with Crippen LogP contribution in [0, 0.1) is 5.92 Å². The molecule has 0 aromatic heterocycles. The lowest BCUT2D eigenvalue weighted by atomic mass is 10.0. The van der Waals surface area contributed by atoms with Crippen LogP contribution in [-0.4, -0.2) is 64.1 Å². The maximum atomic E-state index is 12.6. The maximum absolute atomic E-state index is 12.6. The van der Waals surface area contributed by atoms with E-state index in [1.807, 2.05) is 0 Å². The molecule has 1 saturated heterocycles. The topological polar surface area (TPSA) is 86.8 Å². The molecule has 0 bridgehead atoms. The minimum Gasteiger partial charge on any atom is -0.356 e. The Morgan fingerprint density at radius 3 is 2.86 bits per heavy atom. The van der Waals surface area contributed by atoms with Crippen LogP contribution in [-0.2, 0) is 25.8 Å². The predicted molar refractivity (Wildman–Crippen MR) is 113 cm³/mol. The molecule has 7 nitrogen and oxygen atoms in total. The zero-order valence-electron chi connectivity index (χ0n) is 17.3. The van der Waals surface area contributed by atoms with E-state index in [9.17, 15) is 18.0 Å². The summed E-state index contributed by atoms with van der Waals surface area (Å²) in [4.78, 5) is 28.0. The number of sulfone groups is 1. The summed E-state index contributed by atoms with van der Waals surface area (Å²) >= 11 is 0. The van der Waals surface area contributed by atoms with Crippen molar-refractivity contribution in [2.45, 2.75) is 43.9 Å². The number of nitrogens with one attached hydrogen (secondary N) is 1. The highest BCUT2D eigenvalue weighted by molar-refractivity contribution is 7.91. The van der Waals surface area contributed by atoms with E-state index >= 15 is 0 Å². The van der Waals surface area contributed by atoms with Crippen molar-refractivity contribution >= 4 is 27.3 Å². The SMILES string of the molecule is CC1CCCN(CCCNC(=O)CCS(=O)(=O)c2ccc3c(c2)CC(=O)N3C)C1. The number of fused-ring (bicyclic) bond motifs is 1.